The molecule has 9 heteroatoms. The molecule has 0 fully saturated rings. The first-order chi connectivity index (χ1) is 16.4. The molecule has 0 saturated heterocycles. The number of fused-ring (bicyclic) bond motifs is 1. The van der Waals surface area contributed by atoms with Crippen molar-refractivity contribution in [2.75, 3.05) is 20.3 Å². The van der Waals surface area contributed by atoms with Gasteiger partial charge in [0.15, 0.2) is 0 Å². The van der Waals surface area contributed by atoms with Gasteiger partial charge in [0.2, 0.25) is 15.9 Å². The summed E-state index contributed by atoms with van der Waals surface area (Å²) in [4.78, 5) is 12.6. The summed E-state index contributed by atoms with van der Waals surface area (Å²) in [7, 11) is -2.68. The van der Waals surface area contributed by atoms with Crippen LogP contribution in [0.4, 0.5) is 4.39 Å². The van der Waals surface area contributed by atoms with Crippen LogP contribution in [0.3, 0.4) is 0 Å². The molecule has 7 nitrogen and oxygen atoms in total. The summed E-state index contributed by atoms with van der Waals surface area (Å²) in [6.07, 6.45) is 0.190. The van der Waals surface area contributed by atoms with E-state index in [4.69, 9.17) is 9.47 Å². The molecule has 0 radical (unpaired) electrons. The van der Waals surface area contributed by atoms with E-state index in [0.717, 1.165) is 21.5 Å². The first-order valence-corrected chi connectivity index (χ1v) is 12.2. The number of methoxy groups -OCH3 is 1. The molecule has 1 N–H and O–H groups in total. The van der Waals surface area contributed by atoms with Gasteiger partial charge in [0, 0.05) is 6.54 Å². The van der Waals surface area contributed by atoms with Crippen LogP contribution < -0.4 is 14.8 Å². The van der Waals surface area contributed by atoms with Gasteiger partial charge in [0.05, 0.1) is 13.7 Å². The fraction of sp³-hybridized carbons (Fsp3) is 0.240. The molecular weight excluding hydrogens is 459 g/mol. The summed E-state index contributed by atoms with van der Waals surface area (Å²) in [5.41, 5.74) is 1.67. The fourth-order valence-corrected chi connectivity index (χ4v) is 5.52. The molecule has 0 bridgehead atoms. The Hall–Kier alpha value is -3.43. The van der Waals surface area contributed by atoms with E-state index < -0.39 is 32.7 Å². The van der Waals surface area contributed by atoms with Gasteiger partial charge in [-0.05, 0) is 53.9 Å². The second-order valence-electron chi connectivity index (χ2n) is 7.78. The third-order valence-corrected chi connectivity index (χ3v) is 7.55. The molecular formula is C25H25FN2O5S. The highest BCUT2D eigenvalue weighted by atomic mass is 32.2. The average Bonchev–Trinajstić information content (AvgIpc) is 2.86. The van der Waals surface area contributed by atoms with Crippen molar-refractivity contribution in [2.24, 2.45) is 0 Å². The summed E-state index contributed by atoms with van der Waals surface area (Å²) in [6.45, 7) is 0.352. The summed E-state index contributed by atoms with van der Waals surface area (Å²) < 4.78 is 52.9. The van der Waals surface area contributed by atoms with E-state index in [-0.39, 0.29) is 26.1 Å². The highest BCUT2D eigenvalue weighted by molar-refractivity contribution is 7.89. The summed E-state index contributed by atoms with van der Waals surface area (Å²) in [5.74, 6) is 0.000873. The molecule has 3 aromatic rings. The van der Waals surface area contributed by atoms with Gasteiger partial charge in [-0.25, -0.2) is 12.8 Å². The van der Waals surface area contributed by atoms with E-state index in [0.29, 0.717) is 11.5 Å². The molecule has 34 heavy (non-hydrogen) atoms. The number of halogens is 1. The zero-order chi connectivity index (χ0) is 24.1. The number of benzene rings is 3. The van der Waals surface area contributed by atoms with Crippen molar-refractivity contribution in [3.63, 3.8) is 0 Å². The van der Waals surface area contributed by atoms with Gasteiger partial charge in [0.25, 0.3) is 0 Å². The number of rotatable bonds is 8. The van der Waals surface area contributed by atoms with Crippen LogP contribution in [0.15, 0.2) is 77.7 Å². The molecule has 1 unspecified atom stereocenters. The number of ether oxygens (including phenoxy) is 2. The van der Waals surface area contributed by atoms with E-state index in [1.54, 1.807) is 31.4 Å². The molecule has 0 aliphatic carbocycles. The van der Waals surface area contributed by atoms with Crippen molar-refractivity contribution < 1.29 is 27.1 Å². The lowest BCUT2D eigenvalue weighted by Gasteiger charge is -2.35. The Morgan fingerprint density at radius 2 is 1.65 bits per heavy atom. The SMILES string of the molecule is COc1ccc(OCCNC(=O)C2Cc3ccccc3CN2S(=O)(=O)c2ccccc2F)cc1. The van der Waals surface area contributed by atoms with E-state index in [1.165, 1.54) is 18.2 Å². The smallest absolute Gasteiger partial charge is 0.247 e. The maximum Gasteiger partial charge on any atom is 0.247 e. The van der Waals surface area contributed by atoms with Gasteiger partial charge < -0.3 is 14.8 Å². The van der Waals surface area contributed by atoms with Crippen LogP contribution in [0.2, 0.25) is 0 Å². The van der Waals surface area contributed by atoms with Gasteiger partial charge >= 0.3 is 0 Å². The van der Waals surface area contributed by atoms with Crippen LogP contribution in [0.5, 0.6) is 11.5 Å². The van der Waals surface area contributed by atoms with E-state index in [2.05, 4.69) is 5.32 Å². The Balaban J connectivity index is 1.49. The maximum atomic E-state index is 14.4. The second kappa shape index (κ2) is 10.2. The van der Waals surface area contributed by atoms with Crippen molar-refractivity contribution in [2.45, 2.75) is 23.9 Å². The minimum absolute atomic E-state index is 0.0206. The normalized spacial score (nSPS) is 15.9. The zero-order valence-electron chi connectivity index (χ0n) is 18.6. The third-order valence-electron chi connectivity index (χ3n) is 5.66. The number of nitrogens with one attached hydrogen (secondary N) is 1. The second-order valence-corrected chi connectivity index (χ2v) is 9.64. The number of carbonyl (C=O) groups excluding carboxylic acids is 1. The van der Waals surface area contributed by atoms with E-state index >= 15 is 0 Å². The predicted octanol–water partition coefficient (Wildman–Crippen LogP) is 3.15. The monoisotopic (exact) mass is 484 g/mol. The number of amides is 1. The van der Waals surface area contributed by atoms with Crippen molar-refractivity contribution in [1.29, 1.82) is 0 Å². The highest BCUT2D eigenvalue weighted by Crippen LogP contribution is 2.30. The molecule has 0 aromatic heterocycles. The zero-order valence-corrected chi connectivity index (χ0v) is 19.4. The number of carbonyl (C=O) groups is 1. The Bertz CT molecular complexity index is 1260. The van der Waals surface area contributed by atoms with Crippen molar-refractivity contribution in [3.8, 4) is 11.5 Å². The molecule has 1 atom stereocenters. The molecule has 1 aliphatic heterocycles. The summed E-state index contributed by atoms with van der Waals surface area (Å²) in [5, 5.41) is 2.76. The lowest BCUT2D eigenvalue weighted by molar-refractivity contribution is -0.125. The molecule has 1 aliphatic rings. The highest BCUT2D eigenvalue weighted by Gasteiger charge is 2.40. The van der Waals surface area contributed by atoms with Crippen LogP contribution in [-0.2, 0) is 27.8 Å². The maximum absolute atomic E-state index is 14.4. The largest absolute Gasteiger partial charge is 0.497 e. The van der Waals surface area contributed by atoms with Crippen LogP contribution >= 0.6 is 0 Å². The number of sulfonamides is 1. The first kappa shape index (κ1) is 23.7. The quantitative estimate of drug-likeness (QED) is 0.497. The minimum atomic E-state index is -4.26. The Morgan fingerprint density at radius 3 is 2.35 bits per heavy atom. The Labute approximate surface area is 198 Å². The predicted molar refractivity (Wildman–Crippen MR) is 125 cm³/mol. The van der Waals surface area contributed by atoms with Crippen molar-refractivity contribution >= 4 is 15.9 Å². The third kappa shape index (κ3) is 5.05. The molecule has 178 valence electrons. The topological polar surface area (TPSA) is 84.9 Å². The first-order valence-electron chi connectivity index (χ1n) is 10.8. The number of hydrogen-bond acceptors (Lipinski definition) is 5. The molecule has 3 aromatic carbocycles. The van der Waals surface area contributed by atoms with Crippen LogP contribution in [0, 0.1) is 5.82 Å². The molecule has 0 spiro atoms. The van der Waals surface area contributed by atoms with Gasteiger partial charge in [-0.2, -0.15) is 4.31 Å². The van der Waals surface area contributed by atoms with Crippen molar-refractivity contribution in [3.05, 3.63) is 89.7 Å². The number of hydrogen-bond donors (Lipinski definition) is 1. The van der Waals surface area contributed by atoms with Gasteiger partial charge in [-0.3, -0.25) is 4.79 Å². The lowest BCUT2D eigenvalue weighted by atomic mass is 9.95. The minimum Gasteiger partial charge on any atom is -0.497 e. The number of nitrogens with zero attached hydrogens (tertiary/aromatic N) is 1. The Morgan fingerprint density at radius 1 is 1.00 bits per heavy atom. The molecule has 4 rings (SSSR count). The molecule has 0 saturated carbocycles. The average molecular weight is 485 g/mol. The Kier molecular flexibility index (Phi) is 7.14. The lowest BCUT2D eigenvalue weighted by Crippen LogP contribution is -2.53. The molecule has 1 amide bonds. The van der Waals surface area contributed by atoms with Gasteiger partial charge in [-0.15, -0.1) is 0 Å². The summed E-state index contributed by atoms with van der Waals surface area (Å²) in [6, 6.07) is 18.5. The molecule has 1 heterocycles. The fourth-order valence-electron chi connectivity index (χ4n) is 3.89. The van der Waals surface area contributed by atoms with Crippen LogP contribution in [0.25, 0.3) is 0 Å². The van der Waals surface area contributed by atoms with Gasteiger partial charge in [0.1, 0.15) is 34.9 Å². The van der Waals surface area contributed by atoms with Gasteiger partial charge in [-0.1, -0.05) is 36.4 Å². The van der Waals surface area contributed by atoms with E-state index in [1.807, 2.05) is 24.3 Å². The summed E-state index contributed by atoms with van der Waals surface area (Å²) >= 11 is 0. The standard InChI is InChI=1S/C25H25FN2O5S/c1-32-20-10-12-21(13-11-20)33-15-14-27-25(29)23-16-18-6-2-3-7-19(18)17-28(23)34(30,31)24-9-5-4-8-22(24)26/h2-13,23H,14-17H2,1H3,(H,27,29). The van der Waals surface area contributed by atoms with Crippen LogP contribution in [0.1, 0.15) is 11.1 Å². The van der Waals surface area contributed by atoms with Crippen molar-refractivity contribution in [1.82, 2.24) is 9.62 Å². The van der Waals surface area contributed by atoms with E-state index in [9.17, 15) is 17.6 Å². The van der Waals surface area contributed by atoms with Crippen LogP contribution in [-0.4, -0.2) is 44.9 Å².